The number of hydrogen-bond donors (Lipinski definition) is 1. The van der Waals surface area contributed by atoms with E-state index in [-0.39, 0.29) is 11.8 Å². The van der Waals surface area contributed by atoms with Gasteiger partial charge in [0, 0.05) is 44.9 Å². The third kappa shape index (κ3) is 4.99. The highest BCUT2D eigenvalue weighted by atomic mass is 16.5. The molecule has 0 aliphatic carbocycles. The van der Waals surface area contributed by atoms with Gasteiger partial charge in [0.2, 0.25) is 11.8 Å². The summed E-state index contributed by atoms with van der Waals surface area (Å²) in [6, 6.07) is 17.6. The molecule has 1 aromatic heterocycles. The lowest BCUT2D eigenvalue weighted by molar-refractivity contribution is -0.133. The summed E-state index contributed by atoms with van der Waals surface area (Å²) >= 11 is 0. The number of ether oxygens (including phenoxy) is 1. The number of rotatable bonds is 7. The molecule has 1 aliphatic heterocycles. The summed E-state index contributed by atoms with van der Waals surface area (Å²) in [4.78, 5) is 27.8. The van der Waals surface area contributed by atoms with Crippen molar-refractivity contribution in [2.75, 3.05) is 13.7 Å². The van der Waals surface area contributed by atoms with E-state index in [4.69, 9.17) is 4.74 Å². The Morgan fingerprint density at radius 3 is 2.56 bits per heavy atom. The minimum absolute atomic E-state index is 0.0521. The van der Waals surface area contributed by atoms with Crippen molar-refractivity contribution in [2.45, 2.75) is 31.8 Å². The SMILES string of the molecule is COc1ccc(CNC(=O)[C@@H]2CN(C(=O)CCc3ccccc3)Cc3cn(C)nc32)cc1. The molecule has 1 atom stereocenters. The third-order valence-electron chi connectivity index (χ3n) is 5.80. The Morgan fingerprint density at radius 1 is 1.09 bits per heavy atom. The predicted molar refractivity (Wildman–Crippen MR) is 121 cm³/mol. The van der Waals surface area contributed by atoms with Gasteiger partial charge in [-0.1, -0.05) is 42.5 Å². The van der Waals surface area contributed by atoms with Crippen LogP contribution in [0.3, 0.4) is 0 Å². The van der Waals surface area contributed by atoms with Crippen LogP contribution in [-0.4, -0.2) is 40.1 Å². The molecule has 2 aromatic carbocycles. The van der Waals surface area contributed by atoms with Crippen LogP contribution < -0.4 is 10.1 Å². The number of amides is 2. The van der Waals surface area contributed by atoms with E-state index in [2.05, 4.69) is 10.4 Å². The van der Waals surface area contributed by atoms with Crippen molar-refractivity contribution >= 4 is 11.8 Å². The lowest BCUT2D eigenvalue weighted by Crippen LogP contribution is -2.43. The van der Waals surface area contributed by atoms with E-state index in [1.165, 1.54) is 0 Å². The first-order valence-corrected chi connectivity index (χ1v) is 10.8. The summed E-state index contributed by atoms with van der Waals surface area (Å²) in [5.41, 5.74) is 3.80. The number of carbonyl (C=O) groups is 2. The molecule has 0 saturated carbocycles. The third-order valence-corrected chi connectivity index (χ3v) is 5.80. The average Bonchev–Trinajstić information content (AvgIpc) is 3.21. The molecule has 166 valence electrons. The van der Waals surface area contributed by atoms with Gasteiger partial charge < -0.3 is 15.0 Å². The topological polar surface area (TPSA) is 76.5 Å². The average molecular weight is 433 g/mol. The highest BCUT2D eigenvalue weighted by molar-refractivity contribution is 5.86. The van der Waals surface area contributed by atoms with E-state index in [9.17, 15) is 9.59 Å². The predicted octanol–water partition coefficient (Wildman–Crippen LogP) is 2.80. The Bertz CT molecular complexity index is 1080. The summed E-state index contributed by atoms with van der Waals surface area (Å²) < 4.78 is 6.89. The van der Waals surface area contributed by atoms with E-state index in [0.717, 1.165) is 28.1 Å². The highest BCUT2D eigenvalue weighted by Gasteiger charge is 2.34. The first-order valence-electron chi connectivity index (χ1n) is 10.8. The molecule has 0 unspecified atom stereocenters. The maximum absolute atomic E-state index is 13.1. The smallest absolute Gasteiger partial charge is 0.231 e. The Labute approximate surface area is 188 Å². The molecule has 0 bridgehead atoms. The van der Waals surface area contributed by atoms with Gasteiger partial charge in [-0.05, 0) is 29.7 Å². The van der Waals surface area contributed by atoms with Crippen molar-refractivity contribution < 1.29 is 14.3 Å². The maximum Gasteiger partial charge on any atom is 0.231 e. The van der Waals surface area contributed by atoms with Gasteiger partial charge in [-0.2, -0.15) is 5.10 Å². The lowest BCUT2D eigenvalue weighted by Gasteiger charge is -2.31. The highest BCUT2D eigenvalue weighted by Crippen LogP contribution is 2.28. The van der Waals surface area contributed by atoms with Crippen molar-refractivity contribution in [3.05, 3.63) is 83.2 Å². The van der Waals surface area contributed by atoms with Crippen molar-refractivity contribution in [3.63, 3.8) is 0 Å². The summed E-state index contributed by atoms with van der Waals surface area (Å²) in [5, 5.41) is 7.53. The molecule has 0 fully saturated rings. The fraction of sp³-hybridized carbons (Fsp3) is 0.320. The first-order chi connectivity index (χ1) is 15.5. The zero-order valence-electron chi connectivity index (χ0n) is 18.5. The molecule has 32 heavy (non-hydrogen) atoms. The van der Waals surface area contributed by atoms with E-state index >= 15 is 0 Å². The van der Waals surface area contributed by atoms with E-state index in [0.29, 0.717) is 32.5 Å². The number of aryl methyl sites for hydroxylation is 2. The summed E-state index contributed by atoms with van der Waals surface area (Å²) in [5.74, 6) is 0.214. The van der Waals surface area contributed by atoms with E-state index in [1.54, 1.807) is 16.7 Å². The Balaban J connectivity index is 1.42. The molecule has 3 aromatic rings. The van der Waals surface area contributed by atoms with Crippen LogP contribution in [0.2, 0.25) is 0 Å². The Hall–Kier alpha value is -3.61. The normalized spacial score (nSPS) is 15.2. The lowest BCUT2D eigenvalue weighted by atomic mass is 9.95. The van der Waals surface area contributed by atoms with Crippen LogP contribution in [0.25, 0.3) is 0 Å². The van der Waals surface area contributed by atoms with Crippen LogP contribution >= 0.6 is 0 Å². The zero-order valence-corrected chi connectivity index (χ0v) is 18.5. The molecule has 4 rings (SSSR count). The van der Waals surface area contributed by atoms with Gasteiger partial charge in [-0.15, -0.1) is 0 Å². The molecular formula is C25H28N4O3. The number of fused-ring (bicyclic) bond motifs is 1. The molecule has 0 radical (unpaired) electrons. The van der Waals surface area contributed by atoms with Crippen LogP contribution in [-0.2, 0) is 36.1 Å². The van der Waals surface area contributed by atoms with Gasteiger partial charge >= 0.3 is 0 Å². The monoisotopic (exact) mass is 432 g/mol. The maximum atomic E-state index is 13.1. The second-order valence-electron chi connectivity index (χ2n) is 8.09. The molecule has 2 heterocycles. The molecule has 0 saturated heterocycles. The fourth-order valence-corrected chi connectivity index (χ4v) is 4.05. The summed E-state index contributed by atoms with van der Waals surface area (Å²) in [6.45, 7) is 1.23. The minimum Gasteiger partial charge on any atom is -0.497 e. The molecule has 7 heteroatoms. The standard InChI is InChI=1S/C25H28N4O3/c1-28-15-20-16-29(23(30)13-10-18-6-4-3-5-7-18)17-22(24(20)27-28)25(31)26-14-19-8-11-21(32-2)12-9-19/h3-9,11-12,15,22H,10,13-14,16-17H2,1-2H3,(H,26,31)/t22-/m1/s1. The largest absolute Gasteiger partial charge is 0.497 e. The number of nitrogens with zero attached hydrogens (tertiary/aromatic N) is 3. The quantitative estimate of drug-likeness (QED) is 0.623. The van der Waals surface area contributed by atoms with Crippen molar-refractivity contribution in [1.82, 2.24) is 20.0 Å². The summed E-state index contributed by atoms with van der Waals surface area (Å²) in [7, 11) is 3.46. The van der Waals surface area contributed by atoms with Crippen molar-refractivity contribution in [1.29, 1.82) is 0 Å². The number of hydrogen-bond acceptors (Lipinski definition) is 4. The van der Waals surface area contributed by atoms with Gasteiger partial charge in [0.1, 0.15) is 5.75 Å². The van der Waals surface area contributed by atoms with E-state index in [1.807, 2.05) is 67.8 Å². The van der Waals surface area contributed by atoms with Gasteiger partial charge in [-0.25, -0.2) is 0 Å². The molecule has 7 nitrogen and oxygen atoms in total. The number of methoxy groups -OCH3 is 1. The Morgan fingerprint density at radius 2 is 1.84 bits per heavy atom. The van der Waals surface area contributed by atoms with Crippen LogP contribution in [0, 0.1) is 0 Å². The zero-order chi connectivity index (χ0) is 22.5. The van der Waals surface area contributed by atoms with Crippen molar-refractivity contribution in [2.24, 2.45) is 7.05 Å². The van der Waals surface area contributed by atoms with Crippen LogP contribution in [0.1, 0.15) is 34.7 Å². The van der Waals surface area contributed by atoms with Gasteiger partial charge in [0.25, 0.3) is 0 Å². The molecule has 2 amide bonds. The second kappa shape index (κ2) is 9.68. The van der Waals surface area contributed by atoms with Gasteiger partial charge in [0.05, 0.1) is 18.7 Å². The minimum atomic E-state index is -0.487. The molecule has 0 spiro atoms. The first kappa shape index (κ1) is 21.6. The number of carbonyl (C=O) groups excluding carboxylic acids is 2. The Kier molecular flexibility index (Phi) is 6.54. The van der Waals surface area contributed by atoms with Gasteiger partial charge in [0.15, 0.2) is 0 Å². The van der Waals surface area contributed by atoms with Crippen LogP contribution in [0.5, 0.6) is 5.75 Å². The number of benzene rings is 2. The summed E-state index contributed by atoms with van der Waals surface area (Å²) in [6.07, 6.45) is 3.00. The number of aromatic nitrogens is 2. The number of nitrogens with one attached hydrogen (secondary N) is 1. The van der Waals surface area contributed by atoms with Crippen LogP contribution in [0.15, 0.2) is 60.8 Å². The van der Waals surface area contributed by atoms with Gasteiger partial charge in [-0.3, -0.25) is 14.3 Å². The second-order valence-corrected chi connectivity index (χ2v) is 8.09. The molecular weight excluding hydrogens is 404 g/mol. The fourth-order valence-electron chi connectivity index (χ4n) is 4.05. The van der Waals surface area contributed by atoms with Crippen LogP contribution in [0.4, 0.5) is 0 Å². The van der Waals surface area contributed by atoms with E-state index < -0.39 is 5.92 Å². The molecule has 1 aliphatic rings. The van der Waals surface area contributed by atoms with Crippen molar-refractivity contribution in [3.8, 4) is 5.75 Å². The molecule has 1 N–H and O–H groups in total.